The van der Waals surface area contributed by atoms with Crippen molar-refractivity contribution in [2.45, 2.75) is 39.0 Å². The van der Waals surface area contributed by atoms with Crippen molar-refractivity contribution in [3.05, 3.63) is 30.0 Å². The second kappa shape index (κ2) is 5.15. The third kappa shape index (κ3) is 3.22. The first kappa shape index (κ1) is 13.8. The van der Waals surface area contributed by atoms with E-state index in [4.69, 9.17) is 0 Å². The maximum absolute atomic E-state index is 12.2. The summed E-state index contributed by atoms with van der Waals surface area (Å²) in [4.78, 5) is 3.08. The summed E-state index contributed by atoms with van der Waals surface area (Å²) < 4.78 is 40.6. The Morgan fingerprint density at radius 3 is 2.68 bits per heavy atom. The topological polar surface area (TPSA) is 25.0 Å². The predicted molar refractivity (Wildman–Crippen MR) is 68.3 cm³/mol. The van der Waals surface area contributed by atoms with Crippen molar-refractivity contribution in [1.82, 2.24) is 4.98 Å². The Hall–Kier alpha value is -1.65. The van der Waals surface area contributed by atoms with E-state index in [2.05, 4.69) is 23.6 Å². The van der Waals surface area contributed by atoms with Crippen LogP contribution in [-0.4, -0.2) is 11.3 Å². The van der Waals surface area contributed by atoms with Crippen LogP contribution >= 0.6 is 0 Å². The van der Waals surface area contributed by atoms with Gasteiger partial charge in [-0.3, -0.25) is 0 Å². The van der Waals surface area contributed by atoms with Gasteiger partial charge in [0.25, 0.3) is 0 Å². The fourth-order valence-electron chi connectivity index (χ4n) is 2.31. The van der Waals surface area contributed by atoms with Gasteiger partial charge in [-0.2, -0.15) is 0 Å². The molecule has 0 amide bonds. The van der Waals surface area contributed by atoms with Gasteiger partial charge < -0.3 is 9.72 Å². The van der Waals surface area contributed by atoms with Crippen molar-refractivity contribution in [2.24, 2.45) is 0 Å². The van der Waals surface area contributed by atoms with Crippen molar-refractivity contribution in [2.75, 3.05) is 0 Å². The first-order valence-corrected chi connectivity index (χ1v) is 6.27. The van der Waals surface area contributed by atoms with Gasteiger partial charge in [0.05, 0.1) is 0 Å². The summed E-state index contributed by atoms with van der Waals surface area (Å²) in [6, 6.07) is 4.37. The molecule has 1 unspecified atom stereocenters. The quantitative estimate of drug-likeness (QED) is 0.834. The molecule has 2 nitrogen and oxygen atoms in total. The fraction of sp³-hybridized carbons (Fsp3) is 0.429. The van der Waals surface area contributed by atoms with E-state index >= 15 is 0 Å². The Bertz CT molecular complexity index is 559. The van der Waals surface area contributed by atoms with Gasteiger partial charge >= 0.3 is 6.36 Å². The van der Waals surface area contributed by atoms with Gasteiger partial charge in [-0.1, -0.05) is 20.3 Å². The van der Waals surface area contributed by atoms with Crippen molar-refractivity contribution in [1.29, 1.82) is 0 Å². The number of aromatic nitrogens is 1. The number of rotatable bonds is 4. The van der Waals surface area contributed by atoms with E-state index in [1.54, 1.807) is 6.07 Å². The van der Waals surface area contributed by atoms with Crippen LogP contribution < -0.4 is 4.74 Å². The lowest BCUT2D eigenvalue weighted by Gasteiger charge is -2.11. The number of fused-ring (bicyclic) bond motifs is 1. The van der Waals surface area contributed by atoms with Crippen LogP contribution in [0.4, 0.5) is 13.2 Å². The number of alkyl halides is 3. The SMILES string of the molecule is CCCC(C)c1c[nH]c2ccc(OC(F)(F)F)cc12. The molecule has 1 N–H and O–H groups in total. The number of ether oxygens (including phenoxy) is 1. The third-order valence-electron chi connectivity index (χ3n) is 3.17. The van der Waals surface area contributed by atoms with Gasteiger partial charge in [0.15, 0.2) is 0 Å². The number of benzene rings is 1. The van der Waals surface area contributed by atoms with Crippen LogP contribution in [0, 0.1) is 0 Å². The van der Waals surface area contributed by atoms with Crippen LogP contribution in [0.15, 0.2) is 24.4 Å². The Kier molecular flexibility index (Phi) is 3.73. The molecule has 104 valence electrons. The molecule has 0 saturated heterocycles. The molecule has 2 rings (SSSR count). The van der Waals surface area contributed by atoms with Crippen LogP contribution in [0.5, 0.6) is 5.75 Å². The predicted octanol–water partition coefficient (Wildman–Crippen LogP) is 4.97. The highest BCUT2D eigenvalue weighted by Crippen LogP contribution is 2.32. The minimum absolute atomic E-state index is 0.176. The van der Waals surface area contributed by atoms with Crippen LogP contribution in [0.2, 0.25) is 0 Å². The molecule has 19 heavy (non-hydrogen) atoms. The van der Waals surface area contributed by atoms with Gasteiger partial charge in [-0.05, 0) is 36.1 Å². The highest BCUT2D eigenvalue weighted by Gasteiger charge is 2.31. The van der Waals surface area contributed by atoms with E-state index < -0.39 is 6.36 Å². The summed E-state index contributed by atoms with van der Waals surface area (Å²) in [7, 11) is 0. The van der Waals surface area contributed by atoms with Gasteiger partial charge in [-0.15, -0.1) is 13.2 Å². The summed E-state index contributed by atoms with van der Waals surface area (Å²) in [5.74, 6) is 0.129. The van der Waals surface area contributed by atoms with Crippen LogP contribution in [0.1, 0.15) is 38.2 Å². The highest BCUT2D eigenvalue weighted by molar-refractivity contribution is 5.85. The van der Waals surface area contributed by atoms with E-state index in [0.29, 0.717) is 5.92 Å². The van der Waals surface area contributed by atoms with Gasteiger partial charge in [0.1, 0.15) is 5.75 Å². The van der Waals surface area contributed by atoms with Crippen molar-refractivity contribution >= 4 is 10.9 Å². The Morgan fingerprint density at radius 1 is 1.32 bits per heavy atom. The molecule has 0 fully saturated rings. The number of halogens is 3. The Balaban J connectivity index is 2.37. The van der Waals surface area contributed by atoms with E-state index in [1.807, 2.05) is 6.20 Å². The molecule has 0 radical (unpaired) electrons. The molecule has 1 heterocycles. The van der Waals surface area contributed by atoms with Crippen molar-refractivity contribution < 1.29 is 17.9 Å². The minimum atomic E-state index is -4.65. The monoisotopic (exact) mass is 271 g/mol. The molecule has 0 aliphatic rings. The summed E-state index contributed by atoms with van der Waals surface area (Å²) in [6.45, 7) is 4.16. The molecule has 0 aliphatic heterocycles. The molecule has 5 heteroatoms. The zero-order chi connectivity index (χ0) is 14.0. The zero-order valence-electron chi connectivity index (χ0n) is 10.8. The largest absolute Gasteiger partial charge is 0.573 e. The molecular weight excluding hydrogens is 255 g/mol. The van der Waals surface area contributed by atoms with Gasteiger partial charge in [0, 0.05) is 17.1 Å². The first-order valence-electron chi connectivity index (χ1n) is 6.27. The smallest absolute Gasteiger partial charge is 0.406 e. The second-order valence-corrected chi connectivity index (χ2v) is 4.69. The summed E-state index contributed by atoms with van der Waals surface area (Å²) in [5.41, 5.74) is 1.86. The van der Waals surface area contributed by atoms with Crippen LogP contribution in [0.25, 0.3) is 10.9 Å². The van der Waals surface area contributed by atoms with Crippen LogP contribution in [0.3, 0.4) is 0 Å². The van der Waals surface area contributed by atoms with E-state index in [-0.39, 0.29) is 5.75 Å². The van der Waals surface area contributed by atoms with Gasteiger partial charge in [-0.25, -0.2) is 0 Å². The molecular formula is C14H16F3NO. The molecule has 0 aliphatic carbocycles. The Labute approximate surface area is 109 Å². The molecule has 0 bridgehead atoms. The molecule has 1 aromatic heterocycles. The zero-order valence-corrected chi connectivity index (χ0v) is 10.8. The molecule has 0 spiro atoms. The van der Waals surface area contributed by atoms with E-state index in [1.165, 1.54) is 12.1 Å². The lowest BCUT2D eigenvalue weighted by atomic mass is 9.96. The average molecular weight is 271 g/mol. The van der Waals surface area contributed by atoms with Gasteiger partial charge in [0.2, 0.25) is 0 Å². The first-order chi connectivity index (χ1) is 8.90. The number of aromatic amines is 1. The number of hydrogen-bond donors (Lipinski definition) is 1. The number of H-pyrrole nitrogens is 1. The molecule has 1 aromatic carbocycles. The minimum Gasteiger partial charge on any atom is -0.406 e. The third-order valence-corrected chi connectivity index (χ3v) is 3.17. The fourth-order valence-corrected chi connectivity index (χ4v) is 2.31. The van der Waals surface area contributed by atoms with Crippen LogP contribution in [-0.2, 0) is 0 Å². The molecule has 1 atom stereocenters. The lowest BCUT2D eigenvalue weighted by molar-refractivity contribution is -0.274. The van der Waals surface area contributed by atoms with Crippen molar-refractivity contribution in [3.63, 3.8) is 0 Å². The van der Waals surface area contributed by atoms with Crippen molar-refractivity contribution in [3.8, 4) is 5.75 Å². The number of hydrogen-bond acceptors (Lipinski definition) is 1. The summed E-state index contributed by atoms with van der Waals surface area (Å²) in [5, 5.41) is 0.794. The number of nitrogens with one attached hydrogen (secondary N) is 1. The normalized spacial score (nSPS) is 13.7. The summed E-state index contributed by atoms with van der Waals surface area (Å²) >= 11 is 0. The highest BCUT2D eigenvalue weighted by atomic mass is 19.4. The average Bonchev–Trinajstić information content (AvgIpc) is 2.70. The molecule has 0 saturated carbocycles. The second-order valence-electron chi connectivity index (χ2n) is 4.69. The van der Waals surface area contributed by atoms with E-state index in [9.17, 15) is 13.2 Å². The Morgan fingerprint density at radius 2 is 2.05 bits per heavy atom. The molecule has 2 aromatic rings. The summed E-state index contributed by atoms with van der Waals surface area (Å²) in [6.07, 6.45) is -0.758. The standard InChI is InChI=1S/C14H16F3NO/c1-3-4-9(2)12-8-18-13-6-5-10(7-11(12)13)19-14(15,16)17/h5-9,18H,3-4H2,1-2H3. The maximum atomic E-state index is 12.2. The van der Waals surface area contributed by atoms with E-state index in [0.717, 1.165) is 29.3 Å². The lowest BCUT2D eigenvalue weighted by Crippen LogP contribution is -2.17. The maximum Gasteiger partial charge on any atom is 0.573 e.